The van der Waals surface area contributed by atoms with E-state index in [1.165, 1.54) is 6.42 Å². The van der Waals surface area contributed by atoms with Gasteiger partial charge in [0, 0.05) is 12.6 Å². The Bertz CT molecular complexity index is 797. The van der Waals surface area contributed by atoms with Crippen LogP contribution in [0.15, 0.2) is 0 Å². The van der Waals surface area contributed by atoms with Gasteiger partial charge in [-0.2, -0.15) is 0 Å². The summed E-state index contributed by atoms with van der Waals surface area (Å²) in [7, 11) is 0. The number of fused-ring (bicyclic) bond motifs is 1. The van der Waals surface area contributed by atoms with Crippen LogP contribution in [0.5, 0.6) is 0 Å². The molecular formula is C26H43N3O5. The maximum atomic E-state index is 14.1. The van der Waals surface area contributed by atoms with E-state index in [2.05, 4.69) is 10.6 Å². The molecule has 192 valence electrons. The number of nitrogens with one attached hydrogen (secondary N) is 2. The molecule has 1 spiro atoms. The summed E-state index contributed by atoms with van der Waals surface area (Å²) in [5.74, 6) is -1.92. The van der Waals surface area contributed by atoms with Crippen molar-refractivity contribution in [2.45, 2.75) is 115 Å². The minimum Gasteiger partial charge on any atom is -0.394 e. The largest absolute Gasteiger partial charge is 0.394 e. The van der Waals surface area contributed by atoms with Gasteiger partial charge >= 0.3 is 0 Å². The van der Waals surface area contributed by atoms with Crippen LogP contribution >= 0.6 is 0 Å². The zero-order chi connectivity index (χ0) is 24.7. The third-order valence-electron chi connectivity index (χ3n) is 8.96. The molecule has 3 saturated heterocycles. The van der Waals surface area contributed by atoms with Gasteiger partial charge in [-0.05, 0) is 44.4 Å². The standard InChI is InChI=1S/C26H43N3O5/c1-5-14-27-22(31)19-20-24(33)29(18(15-30)16(3)4)21(23(32)28-17-10-8-7-9-11-17)26(20)13-12-25(19,6-2)34-26/h16-21,30H,5-15H2,1-4H3,(H,27,31)(H,28,32)/t18-,19+,20-,21?,25-,26?/m0/s1. The van der Waals surface area contributed by atoms with E-state index in [0.717, 1.165) is 32.1 Å². The topological polar surface area (TPSA) is 108 Å². The van der Waals surface area contributed by atoms with Crippen LogP contribution in [-0.4, -0.2) is 70.2 Å². The van der Waals surface area contributed by atoms with Gasteiger partial charge in [-0.1, -0.05) is 47.0 Å². The first-order valence-electron chi connectivity index (χ1n) is 13.5. The van der Waals surface area contributed by atoms with E-state index in [4.69, 9.17) is 4.74 Å². The third kappa shape index (κ3) is 3.85. The Morgan fingerprint density at radius 1 is 1.15 bits per heavy atom. The van der Waals surface area contributed by atoms with Gasteiger partial charge < -0.3 is 25.4 Å². The lowest BCUT2D eigenvalue weighted by atomic mass is 9.65. The Hall–Kier alpha value is -1.67. The highest BCUT2D eigenvalue weighted by atomic mass is 16.5. The lowest BCUT2D eigenvalue weighted by Gasteiger charge is -2.39. The number of aliphatic hydroxyl groups is 1. The van der Waals surface area contributed by atoms with E-state index in [1.54, 1.807) is 4.90 Å². The van der Waals surface area contributed by atoms with E-state index in [9.17, 15) is 19.5 Å². The molecule has 6 atom stereocenters. The van der Waals surface area contributed by atoms with Crippen molar-refractivity contribution in [1.82, 2.24) is 15.5 Å². The lowest BCUT2D eigenvalue weighted by molar-refractivity contribution is -0.152. The van der Waals surface area contributed by atoms with Crippen LogP contribution in [0.4, 0.5) is 0 Å². The molecule has 3 heterocycles. The molecule has 4 rings (SSSR count). The van der Waals surface area contributed by atoms with E-state index in [-0.39, 0.29) is 36.3 Å². The average Bonchev–Trinajstić information content (AvgIpc) is 3.42. The second kappa shape index (κ2) is 9.76. The number of nitrogens with zero attached hydrogens (tertiary/aromatic N) is 1. The van der Waals surface area contributed by atoms with Crippen LogP contribution in [0, 0.1) is 17.8 Å². The van der Waals surface area contributed by atoms with Crippen molar-refractivity contribution in [1.29, 1.82) is 0 Å². The maximum Gasteiger partial charge on any atom is 0.246 e. The number of carbonyl (C=O) groups is 3. The molecule has 2 bridgehead atoms. The molecule has 4 fully saturated rings. The number of amides is 3. The van der Waals surface area contributed by atoms with Gasteiger partial charge in [-0.3, -0.25) is 14.4 Å². The Balaban J connectivity index is 1.74. The van der Waals surface area contributed by atoms with Crippen LogP contribution < -0.4 is 10.6 Å². The summed E-state index contributed by atoms with van der Waals surface area (Å²) in [4.78, 5) is 43.0. The van der Waals surface area contributed by atoms with Gasteiger partial charge in [0.2, 0.25) is 17.7 Å². The smallest absolute Gasteiger partial charge is 0.246 e. The number of ether oxygens (including phenoxy) is 1. The number of likely N-dealkylation sites (tertiary alicyclic amines) is 1. The van der Waals surface area contributed by atoms with Gasteiger partial charge in [0.1, 0.15) is 11.6 Å². The van der Waals surface area contributed by atoms with Crippen molar-refractivity contribution in [2.75, 3.05) is 13.2 Å². The second-order valence-corrected chi connectivity index (χ2v) is 11.2. The molecule has 4 aliphatic rings. The second-order valence-electron chi connectivity index (χ2n) is 11.2. The van der Waals surface area contributed by atoms with Crippen LogP contribution in [-0.2, 0) is 19.1 Å². The van der Waals surface area contributed by atoms with Crippen molar-refractivity contribution in [3.63, 3.8) is 0 Å². The van der Waals surface area contributed by atoms with Crippen molar-refractivity contribution in [2.24, 2.45) is 17.8 Å². The average molecular weight is 478 g/mol. The highest BCUT2D eigenvalue weighted by molar-refractivity contribution is 5.99. The molecule has 3 N–H and O–H groups in total. The highest BCUT2D eigenvalue weighted by Gasteiger charge is 2.79. The van der Waals surface area contributed by atoms with Gasteiger partial charge in [0.15, 0.2) is 0 Å². The van der Waals surface area contributed by atoms with Crippen LogP contribution in [0.25, 0.3) is 0 Å². The first kappa shape index (κ1) is 25.4. The molecule has 34 heavy (non-hydrogen) atoms. The van der Waals surface area contributed by atoms with E-state index >= 15 is 0 Å². The summed E-state index contributed by atoms with van der Waals surface area (Å²) in [6.45, 7) is 8.22. The van der Waals surface area contributed by atoms with Crippen LogP contribution in [0.3, 0.4) is 0 Å². The van der Waals surface area contributed by atoms with Crippen LogP contribution in [0.1, 0.15) is 85.5 Å². The van der Waals surface area contributed by atoms with E-state index in [0.29, 0.717) is 25.8 Å². The fourth-order valence-corrected chi connectivity index (χ4v) is 7.22. The minimum absolute atomic E-state index is 0.0427. The SMILES string of the molecule is CCCNC(=O)[C@H]1[C@H]2C(=O)N([C@@H](CO)C(C)C)C(C(=O)NC3CCCCC3)C23CC[C@]1(CC)O3. The molecule has 8 heteroatoms. The number of aliphatic hydroxyl groups excluding tert-OH is 1. The molecular weight excluding hydrogens is 434 g/mol. The summed E-state index contributed by atoms with van der Waals surface area (Å²) >= 11 is 0. The predicted octanol–water partition coefficient (Wildman–Crippen LogP) is 2.13. The molecule has 2 unspecified atom stereocenters. The summed E-state index contributed by atoms with van der Waals surface area (Å²) in [6.07, 6.45) is 7.90. The molecule has 0 aromatic rings. The molecule has 8 nitrogen and oxygen atoms in total. The molecule has 3 aliphatic heterocycles. The monoisotopic (exact) mass is 477 g/mol. The molecule has 0 radical (unpaired) electrons. The van der Waals surface area contributed by atoms with Crippen molar-refractivity contribution in [3.8, 4) is 0 Å². The normalized spacial score (nSPS) is 36.1. The van der Waals surface area contributed by atoms with Gasteiger partial charge in [-0.15, -0.1) is 0 Å². The number of carbonyl (C=O) groups excluding carboxylic acids is 3. The lowest BCUT2D eigenvalue weighted by Crippen LogP contribution is -2.60. The van der Waals surface area contributed by atoms with Crippen molar-refractivity contribution < 1.29 is 24.2 Å². The first-order chi connectivity index (χ1) is 16.3. The van der Waals surface area contributed by atoms with Gasteiger partial charge in [-0.25, -0.2) is 0 Å². The fraction of sp³-hybridized carbons (Fsp3) is 0.885. The Morgan fingerprint density at radius 3 is 2.44 bits per heavy atom. The number of hydrogen-bond donors (Lipinski definition) is 3. The summed E-state index contributed by atoms with van der Waals surface area (Å²) in [5, 5.41) is 16.5. The Morgan fingerprint density at radius 2 is 1.85 bits per heavy atom. The summed E-state index contributed by atoms with van der Waals surface area (Å²) in [5.41, 5.74) is -1.75. The number of hydrogen-bond acceptors (Lipinski definition) is 5. The number of rotatable bonds is 9. The minimum atomic E-state index is -1.03. The third-order valence-corrected chi connectivity index (χ3v) is 8.96. The quantitative estimate of drug-likeness (QED) is 0.472. The highest BCUT2D eigenvalue weighted by Crippen LogP contribution is 2.64. The van der Waals surface area contributed by atoms with Gasteiger partial charge in [0.25, 0.3) is 0 Å². The van der Waals surface area contributed by atoms with Gasteiger partial charge in [0.05, 0.1) is 30.1 Å². The maximum absolute atomic E-state index is 14.1. The zero-order valence-electron chi connectivity index (χ0n) is 21.3. The van der Waals surface area contributed by atoms with Crippen LogP contribution in [0.2, 0.25) is 0 Å². The summed E-state index contributed by atoms with van der Waals surface area (Å²) in [6, 6.07) is -1.24. The zero-order valence-corrected chi connectivity index (χ0v) is 21.3. The van der Waals surface area contributed by atoms with Crippen molar-refractivity contribution >= 4 is 17.7 Å². The molecule has 0 aromatic carbocycles. The molecule has 3 amide bonds. The van der Waals surface area contributed by atoms with E-state index in [1.807, 2.05) is 27.7 Å². The summed E-state index contributed by atoms with van der Waals surface area (Å²) < 4.78 is 6.77. The molecule has 1 aliphatic carbocycles. The van der Waals surface area contributed by atoms with Crippen molar-refractivity contribution in [3.05, 3.63) is 0 Å². The molecule has 1 saturated carbocycles. The first-order valence-corrected chi connectivity index (χ1v) is 13.5. The Labute approximate surface area is 203 Å². The van der Waals surface area contributed by atoms with E-state index < -0.39 is 35.1 Å². The predicted molar refractivity (Wildman–Crippen MR) is 128 cm³/mol. The Kier molecular flexibility index (Phi) is 7.30. The molecule has 0 aromatic heterocycles. The fourth-order valence-electron chi connectivity index (χ4n) is 7.22.